The van der Waals surface area contributed by atoms with Crippen molar-refractivity contribution in [2.45, 2.75) is 26.4 Å². The number of halogens is 2. The Labute approximate surface area is 226 Å². The van der Waals surface area contributed by atoms with E-state index >= 15 is 0 Å². The van der Waals surface area contributed by atoms with E-state index in [2.05, 4.69) is 10.1 Å². The molecule has 192 valence electrons. The molecular weight excluding hydrogens is 531 g/mol. The first kappa shape index (κ1) is 25.4. The summed E-state index contributed by atoms with van der Waals surface area (Å²) < 4.78 is 12.7. The van der Waals surface area contributed by atoms with Crippen LogP contribution in [0.3, 0.4) is 0 Å². The summed E-state index contributed by atoms with van der Waals surface area (Å²) in [6, 6.07) is 16.5. The van der Waals surface area contributed by atoms with Crippen molar-refractivity contribution in [3.05, 3.63) is 96.7 Å². The highest BCUT2D eigenvalue weighted by molar-refractivity contribution is 6.32. The number of hydrogen-bond donors (Lipinski definition) is 0. The van der Waals surface area contributed by atoms with Crippen molar-refractivity contribution in [2.75, 3.05) is 0 Å². The van der Waals surface area contributed by atoms with Gasteiger partial charge in [-0.2, -0.15) is 9.78 Å². The molecule has 5 aromatic rings. The van der Waals surface area contributed by atoms with E-state index < -0.39 is 10.5 Å². The van der Waals surface area contributed by atoms with Crippen LogP contribution in [0.1, 0.15) is 25.8 Å². The molecule has 0 fully saturated rings. The second-order valence-electron chi connectivity index (χ2n) is 8.55. The number of aromatic nitrogens is 2. The monoisotopic (exact) mass is 550 g/mol. The number of benzene rings is 3. The maximum atomic E-state index is 13.5. The van der Waals surface area contributed by atoms with Crippen LogP contribution in [0, 0.1) is 10.1 Å². The minimum atomic E-state index is -0.574. The fourth-order valence-corrected chi connectivity index (χ4v) is 4.30. The summed E-state index contributed by atoms with van der Waals surface area (Å²) >= 11 is 12.5. The minimum absolute atomic E-state index is 0.0191. The maximum absolute atomic E-state index is 13.5. The number of nitrogens with zero attached hydrogens (tertiary/aromatic N) is 4. The first-order valence-corrected chi connectivity index (χ1v) is 12.4. The predicted octanol–water partition coefficient (Wildman–Crippen LogP) is 7.08. The summed E-state index contributed by atoms with van der Waals surface area (Å²) in [4.78, 5) is 29.3. The third-order valence-electron chi connectivity index (χ3n) is 5.91. The molecular formula is C27H20Cl2N4O5. The molecule has 2 aromatic heterocycles. The molecule has 5 rings (SSSR count). The zero-order chi connectivity index (χ0) is 27.0. The number of nitro groups is 1. The Balaban J connectivity index is 1.66. The molecule has 11 heteroatoms. The van der Waals surface area contributed by atoms with Gasteiger partial charge in [0.2, 0.25) is 11.6 Å². The van der Waals surface area contributed by atoms with E-state index in [0.29, 0.717) is 39.3 Å². The van der Waals surface area contributed by atoms with E-state index in [1.807, 2.05) is 6.92 Å². The van der Waals surface area contributed by atoms with Gasteiger partial charge in [-0.15, -0.1) is 0 Å². The average Bonchev–Trinajstić information content (AvgIpc) is 3.32. The molecule has 0 amide bonds. The number of para-hydroxylation sites is 1. The van der Waals surface area contributed by atoms with E-state index in [0.717, 1.165) is 10.1 Å². The third kappa shape index (κ3) is 4.85. The summed E-state index contributed by atoms with van der Waals surface area (Å²) in [5.74, 6) is 0.424. The predicted molar refractivity (Wildman–Crippen MR) is 148 cm³/mol. The molecule has 0 unspecified atom stereocenters. The lowest BCUT2D eigenvalue weighted by Crippen LogP contribution is -2.20. The summed E-state index contributed by atoms with van der Waals surface area (Å²) in [6.45, 7) is 3.69. The van der Waals surface area contributed by atoms with Gasteiger partial charge in [0, 0.05) is 22.0 Å². The van der Waals surface area contributed by atoms with Crippen LogP contribution in [-0.2, 0) is 0 Å². The van der Waals surface area contributed by atoms with Crippen molar-refractivity contribution < 1.29 is 14.1 Å². The van der Waals surface area contributed by atoms with Crippen LogP contribution in [0.25, 0.3) is 33.5 Å². The van der Waals surface area contributed by atoms with Crippen molar-refractivity contribution in [1.82, 2.24) is 9.66 Å². The Kier molecular flexibility index (Phi) is 6.88. The Morgan fingerprint density at radius 1 is 1.18 bits per heavy atom. The van der Waals surface area contributed by atoms with Gasteiger partial charge in [0.05, 0.1) is 33.2 Å². The minimum Gasteiger partial charge on any atom is -0.483 e. The zero-order valence-corrected chi connectivity index (χ0v) is 21.7. The van der Waals surface area contributed by atoms with Crippen LogP contribution in [0.15, 0.2) is 75.0 Å². The fourth-order valence-electron chi connectivity index (χ4n) is 3.85. The molecule has 0 bridgehead atoms. The van der Waals surface area contributed by atoms with Crippen molar-refractivity contribution in [3.63, 3.8) is 0 Å². The molecule has 0 aliphatic rings. The summed E-state index contributed by atoms with van der Waals surface area (Å²) in [7, 11) is 0. The molecule has 3 aromatic carbocycles. The van der Waals surface area contributed by atoms with Gasteiger partial charge in [-0.1, -0.05) is 42.3 Å². The van der Waals surface area contributed by atoms with Crippen LogP contribution < -0.4 is 10.3 Å². The van der Waals surface area contributed by atoms with Gasteiger partial charge in [0.1, 0.15) is 5.58 Å². The summed E-state index contributed by atoms with van der Waals surface area (Å²) in [5, 5.41) is 17.8. The Morgan fingerprint density at radius 2 is 1.97 bits per heavy atom. The van der Waals surface area contributed by atoms with E-state index in [1.54, 1.807) is 55.5 Å². The smallest absolute Gasteiger partial charge is 0.313 e. The van der Waals surface area contributed by atoms with E-state index in [9.17, 15) is 14.9 Å². The largest absolute Gasteiger partial charge is 0.483 e. The maximum Gasteiger partial charge on any atom is 0.313 e. The highest BCUT2D eigenvalue weighted by Gasteiger charge is 2.22. The summed E-state index contributed by atoms with van der Waals surface area (Å²) in [5.41, 5.74) is 0.556. The van der Waals surface area contributed by atoms with Crippen LogP contribution in [0.2, 0.25) is 10.0 Å². The molecule has 1 atom stereocenters. The SMILES string of the molecule is CC[C@@H](C)Oc1c(Cl)cc(C=Nn2c(-c3cc4cc(Cl)ccc4o3)nc3ccccc3c2=O)cc1[N+](=O)[O-]. The van der Waals surface area contributed by atoms with Gasteiger partial charge in [-0.05, 0) is 55.8 Å². The second kappa shape index (κ2) is 10.3. The quantitative estimate of drug-likeness (QED) is 0.121. The molecule has 0 N–H and O–H groups in total. The normalized spacial score (nSPS) is 12.4. The highest BCUT2D eigenvalue weighted by Crippen LogP contribution is 2.37. The van der Waals surface area contributed by atoms with Crippen LogP contribution >= 0.6 is 23.2 Å². The van der Waals surface area contributed by atoms with Crippen molar-refractivity contribution in [2.24, 2.45) is 5.10 Å². The molecule has 0 saturated heterocycles. The molecule has 2 heterocycles. The van der Waals surface area contributed by atoms with E-state index in [4.69, 9.17) is 32.4 Å². The number of hydrogen-bond acceptors (Lipinski definition) is 7. The lowest BCUT2D eigenvalue weighted by molar-refractivity contribution is -0.386. The fraction of sp³-hybridized carbons (Fsp3) is 0.148. The van der Waals surface area contributed by atoms with Crippen molar-refractivity contribution in [1.29, 1.82) is 0 Å². The topological polar surface area (TPSA) is 113 Å². The number of fused-ring (bicyclic) bond motifs is 2. The molecule has 0 radical (unpaired) electrons. The van der Waals surface area contributed by atoms with Gasteiger partial charge < -0.3 is 9.15 Å². The number of furan rings is 1. The molecule has 9 nitrogen and oxygen atoms in total. The van der Waals surface area contributed by atoms with Gasteiger partial charge in [-0.3, -0.25) is 14.9 Å². The highest BCUT2D eigenvalue weighted by atomic mass is 35.5. The Morgan fingerprint density at radius 3 is 2.74 bits per heavy atom. The van der Waals surface area contributed by atoms with Gasteiger partial charge >= 0.3 is 5.69 Å². The average molecular weight is 551 g/mol. The van der Waals surface area contributed by atoms with Crippen molar-refractivity contribution >= 4 is 57.0 Å². The van der Waals surface area contributed by atoms with Crippen LogP contribution in [0.5, 0.6) is 5.75 Å². The Hall–Kier alpha value is -4.21. The zero-order valence-electron chi connectivity index (χ0n) is 20.2. The van der Waals surface area contributed by atoms with E-state index in [-0.39, 0.29) is 28.4 Å². The molecule has 0 aliphatic heterocycles. The van der Waals surface area contributed by atoms with Gasteiger partial charge in [-0.25, -0.2) is 4.98 Å². The Bertz CT molecular complexity index is 1790. The van der Waals surface area contributed by atoms with Gasteiger partial charge in [0.25, 0.3) is 5.56 Å². The lowest BCUT2D eigenvalue weighted by Gasteiger charge is -2.14. The molecule has 0 saturated carbocycles. The number of ether oxygens (including phenoxy) is 1. The van der Waals surface area contributed by atoms with Crippen LogP contribution in [-0.4, -0.2) is 26.9 Å². The lowest BCUT2D eigenvalue weighted by atomic mass is 10.2. The molecule has 0 aliphatic carbocycles. The number of rotatable bonds is 7. The number of nitro benzene ring substituents is 1. The molecule has 0 spiro atoms. The van der Waals surface area contributed by atoms with Gasteiger partial charge in [0.15, 0.2) is 5.76 Å². The second-order valence-corrected chi connectivity index (χ2v) is 9.40. The standard InChI is InChI=1S/C27H20Cl2N4O5/c1-3-15(2)37-25-20(29)10-16(11-22(25)33(35)36)14-30-32-26(31-21-7-5-4-6-19(21)27(32)34)24-13-17-12-18(28)8-9-23(17)38-24/h4-15H,3H2,1-2H3/t15-/m1/s1. The van der Waals surface area contributed by atoms with Crippen molar-refractivity contribution in [3.8, 4) is 17.3 Å². The van der Waals surface area contributed by atoms with Crippen LogP contribution in [0.4, 0.5) is 5.69 Å². The first-order valence-electron chi connectivity index (χ1n) is 11.7. The third-order valence-corrected chi connectivity index (χ3v) is 6.43. The van der Waals surface area contributed by atoms with E-state index in [1.165, 1.54) is 18.3 Å². The first-order chi connectivity index (χ1) is 18.2. The molecule has 38 heavy (non-hydrogen) atoms. The summed E-state index contributed by atoms with van der Waals surface area (Å²) in [6.07, 6.45) is 1.67.